The van der Waals surface area contributed by atoms with Gasteiger partial charge in [-0.3, -0.25) is 4.99 Å². The molecule has 5 nitrogen and oxygen atoms in total. The first-order valence-electron chi connectivity index (χ1n) is 7.79. The molecule has 1 spiro atoms. The molecular formula is C16H23N5S. The van der Waals surface area contributed by atoms with Crippen LogP contribution >= 0.6 is 11.8 Å². The number of nitrogen functional groups attached to an aromatic ring is 1. The van der Waals surface area contributed by atoms with E-state index in [0.717, 1.165) is 37.1 Å². The molecule has 1 aromatic rings. The maximum Gasteiger partial charge on any atom is 0.131 e. The van der Waals surface area contributed by atoms with E-state index in [2.05, 4.69) is 27.1 Å². The Hall–Kier alpha value is -1.69. The summed E-state index contributed by atoms with van der Waals surface area (Å²) in [5.74, 6) is 2.29. The SMILES string of the molecule is N/C1=N/CCC2(CCCS2)CCN/C=C/c2c1ccnc2N. The molecule has 118 valence electrons. The normalized spacial score (nSPS) is 29.5. The zero-order valence-corrected chi connectivity index (χ0v) is 13.5. The van der Waals surface area contributed by atoms with Gasteiger partial charge >= 0.3 is 0 Å². The fourth-order valence-corrected chi connectivity index (χ4v) is 4.65. The number of amidine groups is 1. The van der Waals surface area contributed by atoms with Crippen LogP contribution in [0.2, 0.25) is 0 Å². The largest absolute Gasteiger partial charge is 0.391 e. The monoisotopic (exact) mass is 317 g/mol. The molecule has 3 heterocycles. The molecule has 1 fully saturated rings. The van der Waals surface area contributed by atoms with E-state index in [1.165, 1.54) is 18.6 Å². The van der Waals surface area contributed by atoms with Gasteiger partial charge in [0.1, 0.15) is 11.7 Å². The molecular weight excluding hydrogens is 294 g/mol. The van der Waals surface area contributed by atoms with Gasteiger partial charge in [-0.2, -0.15) is 11.8 Å². The van der Waals surface area contributed by atoms with E-state index in [1.807, 2.05) is 18.3 Å². The Labute approximate surface area is 135 Å². The van der Waals surface area contributed by atoms with Gasteiger partial charge in [0.15, 0.2) is 0 Å². The predicted molar refractivity (Wildman–Crippen MR) is 94.9 cm³/mol. The Balaban J connectivity index is 1.89. The minimum absolute atomic E-state index is 0.365. The van der Waals surface area contributed by atoms with Crippen molar-refractivity contribution in [1.82, 2.24) is 10.3 Å². The van der Waals surface area contributed by atoms with Crippen molar-refractivity contribution in [1.29, 1.82) is 0 Å². The average molecular weight is 317 g/mol. The Kier molecular flexibility index (Phi) is 4.57. The van der Waals surface area contributed by atoms with E-state index >= 15 is 0 Å². The topological polar surface area (TPSA) is 89.3 Å². The van der Waals surface area contributed by atoms with Crippen LogP contribution in [0.1, 0.15) is 36.8 Å². The number of rotatable bonds is 0. The van der Waals surface area contributed by atoms with Crippen LogP contribution in [0.25, 0.3) is 6.08 Å². The second-order valence-electron chi connectivity index (χ2n) is 5.85. The summed E-state index contributed by atoms with van der Waals surface area (Å²) in [6, 6.07) is 1.88. The third-order valence-electron chi connectivity index (χ3n) is 4.42. The highest BCUT2D eigenvalue weighted by molar-refractivity contribution is 8.00. The molecule has 1 atom stereocenters. The highest BCUT2D eigenvalue weighted by atomic mass is 32.2. The summed E-state index contributed by atoms with van der Waals surface area (Å²) >= 11 is 2.10. The van der Waals surface area contributed by atoms with E-state index in [0.29, 0.717) is 16.4 Å². The number of aliphatic imine (C=N–C) groups is 1. The fourth-order valence-electron chi connectivity index (χ4n) is 3.15. The van der Waals surface area contributed by atoms with Crippen LogP contribution in [0.3, 0.4) is 0 Å². The molecule has 0 bridgehead atoms. The molecule has 0 radical (unpaired) electrons. The number of fused-ring (bicyclic) bond motifs is 1. The van der Waals surface area contributed by atoms with Crippen LogP contribution in [-0.2, 0) is 0 Å². The molecule has 22 heavy (non-hydrogen) atoms. The molecule has 2 aliphatic heterocycles. The van der Waals surface area contributed by atoms with Gasteiger partial charge in [0.05, 0.1) is 0 Å². The molecule has 0 aromatic carbocycles. The summed E-state index contributed by atoms with van der Waals surface area (Å²) in [7, 11) is 0. The summed E-state index contributed by atoms with van der Waals surface area (Å²) in [5, 5.41) is 3.38. The Morgan fingerprint density at radius 2 is 2.14 bits per heavy atom. The number of hydrogen-bond donors (Lipinski definition) is 3. The Morgan fingerprint density at radius 3 is 2.95 bits per heavy atom. The average Bonchev–Trinajstić information content (AvgIpc) is 2.96. The molecule has 5 N–H and O–H groups in total. The van der Waals surface area contributed by atoms with Crippen molar-refractivity contribution in [2.45, 2.75) is 30.4 Å². The Morgan fingerprint density at radius 1 is 1.23 bits per heavy atom. The number of nitrogens with one attached hydrogen (secondary N) is 1. The standard InChI is InChI=1S/C16H23N5S/c17-14-12-2-7-19-9-5-16(4-1-11-22-16)6-10-21-15(18)13(12)3-8-20-14/h2-3,7-8,19H,1,4-6,9-11H2,(H2,17,20)(H2,18,21)/b7-2+. The van der Waals surface area contributed by atoms with E-state index in [9.17, 15) is 0 Å². The van der Waals surface area contributed by atoms with Crippen molar-refractivity contribution in [3.8, 4) is 0 Å². The first kappa shape index (κ1) is 15.2. The molecule has 6 heteroatoms. The molecule has 1 unspecified atom stereocenters. The van der Waals surface area contributed by atoms with Crippen molar-refractivity contribution < 1.29 is 0 Å². The number of aromatic nitrogens is 1. The van der Waals surface area contributed by atoms with E-state index in [-0.39, 0.29) is 0 Å². The molecule has 2 aliphatic rings. The number of hydrogen-bond acceptors (Lipinski definition) is 6. The smallest absolute Gasteiger partial charge is 0.131 e. The van der Waals surface area contributed by atoms with E-state index in [1.54, 1.807) is 6.20 Å². The summed E-state index contributed by atoms with van der Waals surface area (Å²) in [6.45, 7) is 1.74. The highest BCUT2D eigenvalue weighted by Crippen LogP contribution is 2.43. The fraction of sp³-hybridized carbons (Fsp3) is 0.500. The summed E-state index contributed by atoms with van der Waals surface area (Å²) < 4.78 is 0.365. The van der Waals surface area contributed by atoms with Crippen molar-refractivity contribution in [2.24, 2.45) is 10.7 Å². The van der Waals surface area contributed by atoms with E-state index in [4.69, 9.17) is 11.5 Å². The minimum Gasteiger partial charge on any atom is -0.391 e. The summed E-state index contributed by atoms with van der Waals surface area (Å²) in [4.78, 5) is 8.74. The second-order valence-corrected chi connectivity index (χ2v) is 7.41. The second kappa shape index (κ2) is 6.60. The van der Waals surface area contributed by atoms with Crippen molar-refractivity contribution in [2.75, 3.05) is 24.6 Å². The van der Waals surface area contributed by atoms with Crippen molar-refractivity contribution in [3.05, 3.63) is 29.6 Å². The lowest BCUT2D eigenvalue weighted by Crippen LogP contribution is -2.28. The van der Waals surface area contributed by atoms with Crippen LogP contribution in [0.4, 0.5) is 5.82 Å². The first-order valence-corrected chi connectivity index (χ1v) is 8.77. The maximum atomic E-state index is 6.19. The molecule has 1 saturated heterocycles. The lowest BCUT2D eigenvalue weighted by atomic mass is 9.95. The number of thioether (sulfide) groups is 1. The molecule has 1 aromatic heterocycles. The minimum atomic E-state index is 0.365. The van der Waals surface area contributed by atoms with Crippen LogP contribution in [0, 0.1) is 0 Å². The zero-order chi connectivity index (χ0) is 15.4. The van der Waals surface area contributed by atoms with Gasteiger partial charge in [-0.25, -0.2) is 4.98 Å². The molecule has 0 saturated carbocycles. The maximum absolute atomic E-state index is 6.19. The van der Waals surface area contributed by atoms with Crippen molar-refractivity contribution >= 4 is 29.5 Å². The quantitative estimate of drug-likeness (QED) is 0.681. The van der Waals surface area contributed by atoms with Crippen LogP contribution in [-0.4, -0.2) is 34.4 Å². The van der Waals surface area contributed by atoms with Crippen LogP contribution < -0.4 is 16.8 Å². The van der Waals surface area contributed by atoms with Gasteiger partial charge in [0, 0.05) is 35.2 Å². The van der Waals surface area contributed by atoms with Gasteiger partial charge in [0.2, 0.25) is 0 Å². The first-order chi connectivity index (χ1) is 10.7. The Bertz CT molecular complexity index is 590. The van der Waals surface area contributed by atoms with Gasteiger partial charge in [-0.1, -0.05) is 0 Å². The third-order valence-corrected chi connectivity index (χ3v) is 6.14. The van der Waals surface area contributed by atoms with Gasteiger partial charge < -0.3 is 16.8 Å². The summed E-state index contributed by atoms with van der Waals surface area (Å²) in [5.41, 5.74) is 13.9. The van der Waals surface area contributed by atoms with Crippen LogP contribution in [0.15, 0.2) is 23.5 Å². The van der Waals surface area contributed by atoms with Gasteiger partial charge in [-0.15, -0.1) is 0 Å². The van der Waals surface area contributed by atoms with Crippen LogP contribution in [0.5, 0.6) is 0 Å². The number of nitrogens with two attached hydrogens (primary N) is 2. The highest BCUT2D eigenvalue weighted by Gasteiger charge is 2.33. The number of pyridine rings is 1. The lowest BCUT2D eigenvalue weighted by molar-refractivity contribution is 0.484. The molecule has 3 rings (SSSR count). The van der Waals surface area contributed by atoms with E-state index < -0.39 is 0 Å². The number of nitrogens with zero attached hydrogens (tertiary/aromatic N) is 2. The van der Waals surface area contributed by atoms with Crippen molar-refractivity contribution in [3.63, 3.8) is 0 Å². The van der Waals surface area contributed by atoms with Gasteiger partial charge in [0.25, 0.3) is 0 Å². The zero-order valence-electron chi connectivity index (χ0n) is 12.7. The molecule has 0 amide bonds. The summed E-state index contributed by atoms with van der Waals surface area (Å²) in [6.07, 6.45) is 10.4. The number of anilines is 1. The third kappa shape index (κ3) is 3.21. The van der Waals surface area contributed by atoms with Gasteiger partial charge in [-0.05, 0) is 49.8 Å². The molecule has 0 aliphatic carbocycles. The predicted octanol–water partition coefficient (Wildman–Crippen LogP) is 1.99. The lowest BCUT2D eigenvalue weighted by Gasteiger charge is -2.27.